The Morgan fingerprint density at radius 3 is 2.72 bits per heavy atom. The zero-order chi connectivity index (χ0) is 13.0. The fourth-order valence-corrected chi connectivity index (χ4v) is 1.93. The minimum Gasteiger partial charge on any atom is -0.313 e. The fourth-order valence-electron chi connectivity index (χ4n) is 1.93. The Balaban J connectivity index is 2.38. The molecule has 1 N–H and O–H groups in total. The van der Waals surface area contributed by atoms with Crippen molar-refractivity contribution in [3.05, 3.63) is 41.6 Å². The predicted molar refractivity (Wildman–Crippen MR) is 72.9 cm³/mol. The van der Waals surface area contributed by atoms with E-state index in [1.807, 2.05) is 17.7 Å². The Bertz CT molecular complexity index is 516. The molecule has 2 heterocycles. The van der Waals surface area contributed by atoms with Crippen molar-refractivity contribution in [3.8, 4) is 5.82 Å². The van der Waals surface area contributed by atoms with Gasteiger partial charge in [-0.05, 0) is 37.6 Å². The van der Waals surface area contributed by atoms with Gasteiger partial charge >= 0.3 is 0 Å². The van der Waals surface area contributed by atoms with Crippen molar-refractivity contribution < 1.29 is 0 Å². The molecule has 0 atom stereocenters. The van der Waals surface area contributed by atoms with Gasteiger partial charge in [0, 0.05) is 24.6 Å². The molecule has 0 aliphatic carbocycles. The van der Waals surface area contributed by atoms with E-state index >= 15 is 0 Å². The van der Waals surface area contributed by atoms with Gasteiger partial charge in [0.1, 0.15) is 11.6 Å². The number of hydrogen-bond donors (Lipinski definition) is 1. The van der Waals surface area contributed by atoms with Gasteiger partial charge in [-0.15, -0.1) is 0 Å². The molecule has 0 saturated carbocycles. The van der Waals surface area contributed by atoms with Crippen LogP contribution in [0.2, 0.25) is 0 Å². The van der Waals surface area contributed by atoms with Crippen LogP contribution in [0, 0.1) is 6.92 Å². The Kier molecular flexibility index (Phi) is 4.10. The van der Waals surface area contributed by atoms with Crippen LogP contribution in [0.5, 0.6) is 0 Å². The maximum Gasteiger partial charge on any atom is 0.138 e. The Hall–Kier alpha value is -1.68. The standard InChI is InChI=1S/C14H20N4/c1-4-13-8-12(10-15-5-2)9-14(17-13)18-7-6-16-11(18)3/h6-9,15H,4-5,10H2,1-3H3. The first-order valence-electron chi connectivity index (χ1n) is 6.45. The van der Waals surface area contributed by atoms with E-state index in [4.69, 9.17) is 0 Å². The number of imidazole rings is 1. The molecule has 0 unspecified atom stereocenters. The van der Waals surface area contributed by atoms with E-state index in [9.17, 15) is 0 Å². The van der Waals surface area contributed by atoms with Gasteiger partial charge in [0.2, 0.25) is 0 Å². The van der Waals surface area contributed by atoms with Crippen molar-refractivity contribution in [2.24, 2.45) is 0 Å². The molecule has 4 heteroatoms. The van der Waals surface area contributed by atoms with Crippen LogP contribution < -0.4 is 5.32 Å². The van der Waals surface area contributed by atoms with Crippen molar-refractivity contribution >= 4 is 0 Å². The van der Waals surface area contributed by atoms with Gasteiger partial charge in [-0.2, -0.15) is 0 Å². The highest BCUT2D eigenvalue weighted by Gasteiger charge is 2.05. The zero-order valence-electron chi connectivity index (χ0n) is 11.3. The molecule has 0 aliphatic rings. The number of aryl methyl sites for hydroxylation is 2. The average molecular weight is 244 g/mol. The Morgan fingerprint density at radius 2 is 2.11 bits per heavy atom. The summed E-state index contributed by atoms with van der Waals surface area (Å²) < 4.78 is 2.02. The second-order valence-corrected chi connectivity index (χ2v) is 4.30. The predicted octanol–water partition coefficient (Wildman–Crippen LogP) is 2.25. The molecule has 0 saturated heterocycles. The molecule has 18 heavy (non-hydrogen) atoms. The van der Waals surface area contributed by atoms with Crippen LogP contribution in [0.1, 0.15) is 30.9 Å². The summed E-state index contributed by atoms with van der Waals surface area (Å²) in [6.07, 6.45) is 4.70. The van der Waals surface area contributed by atoms with Gasteiger partial charge in [0.15, 0.2) is 0 Å². The van der Waals surface area contributed by atoms with Crippen molar-refractivity contribution in [3.63, 3.8) is 0 Å². The van der Waals surface area contributed by atoms with Gasteiger partial charge in [0.25, 0.3) is 0 Å². The summed E-state index contributed by atoms with van der Waals surface area (Å²) in [5.74, 6) is 1.92. The van der Waals surface area contributed by atoms with Gasteiger partial charge in [-0.1, -0.05) is 13.8 Å². The first-order chi connectivity index (χ1) is 8.74. The minimum absolute atomic E-state index is 0.882. The van der Waals surface area contributed by atoms with E-state index in [0.717, 1.165) is 36.8 Å². The third-order valence-electron chi connectivity index (χ3n) is 2.94. The average Bonchev–Trinajstić information content (AvgIpc) is 2.82. The topological polar surface area (TPSA) is 42.7 Å². The summed E-state index contributed by atoms with van der Waals surface area (Å²) >= 11 is 0. The number of hydrogen-bond acceptors (Lipinski definition) is 3. The van der Waals surface area contributed by atoms with Crippen LogP contribution in [-0.4, -0.2) is 21.1 Å². The van der Waals surface area contributed by atoms with Crippen molar-refractivity contribution in [1.29, 1.82) is 0 Å². The lowest BCUT2D eigenvalue weighted by Gasteiger charge is -2.10. The Labute approximate surface area is 108 Å². The van der Waals surface area contributed by atoms with Gasteiger partial charge in [-0.3, -0.25) is 4.57 Å². The van der Waals surface area contributed by atoms with Crippen molar-refractivity contribution in [2.45, 2.75) is 33.7 Å². The van der Waals surface area contributed by atoms with Crippen LogP contribution in [0.3, 0.4) is 0 Å². The highest BCUT2D eigenvalue weighted by molar-refractivity contribution is 5.32. The number of aromatic nitrogens is 3. The van der Waals surface area contributed by atoms with Crippen LogP contribution in [0.4, 0.5) is 0 Å². The summed E-state index contributed by atoms with van der Waals surface area (Å²) in [5.41, 5.74) is 2.39. The van der Waals surface area contributed by atoms with E-state index in [-0.39, 0.29) is 0 Å². The smallest absolute Gasteiger partial charge is 0.138 e. The molecular weight excluding hydrogens is 224 g/mol. The maximum atomic E-state index is 4.66. The van der Waals surface area contributed by atoms with E-state index in [0.29, 0.717) is 0 Å². The van der Waals surface area contributed by atoms with Gasteiger partial charge in [-0.25, -0.2) is 9.97 Å². The fraction of sp³-hybridized carbons (Fsp3) is 0.429. The van der Waals surface area contributed by atoms with E-state index in [2.05, 4.69) is 41.3 Å². The molecule has 0 aliphatic heterocycles. The zero-order valence-corrected chi connectivity index (χ0v) is 11.3. The quantitative estimate of drug-likeness (QED) is 0.877. The summed E-state index contributed by atoms with van der Waals surface area (Å²) in [6.45, 7) is 8.09. The first-order valence-corrected chi connectivity index (χ1v) is 6.45. The Morgan fingerprint density at radius 1 is 1.28 bits per heavy atom. The summed E-state index contributed by atoms with van der Waals surface area (Å²) in [6, 6.07) is 4.29. The molecule has 0 fully saturated rings. The van der Waals surface area contributed by atoms with Crippen LogP contribution in [0.15, 0.2) is 24.5 Å². The molecular formula is C14H20N4. The largest absolute Gasteiger partial charge is 0.313 e. The molecule has 2 aromatic rings. The van der Waals surface area contributed by atoms with Crippen molar-refractivity contribution in [2.75, 3.05) is 6.54 Å². The molecule has 0 aromatic carbocycles. The van der Waals surface area contributed by atoms with E-state index in [1.165, 1.54) is 5.56 Å². The second kappa shape index (κ2) is 5.78. The molecule has 96 valence electrons. The first kappa shape index (κ1) is 12.8. The summed E-state index contributed by atoms with van der Waals surface area (Å²) in [7, 11) is 0. The number of nitrogens with one attached hydrogen (secondary N) is 1. The number of nitrogens with zero attached hydrogens (tertiary/aromatic N) is 3. The second-order valence-electron chi connectivity index (χ2n) is 4.30. The minimum atomic E-state index is 0.882. The monoisotopic (exact) mass is 244 g/mol. The molecule has 2 rings (SSSR count). The normalized spacial score (nSPS) is 10.8. The van der Waals surface area contributed by atoms with Gasteiger partial charge in [0.05, 0.1) is 0 Å². The third kappa shape index (κ3) is 2.76. The van der Waals surface area contributed by atoms with E-state index in [1.54, 1.807) is 6.20 Å². The highest BCUT2D eigenvalue weighted by atomic mass is 15.1. The summed E-state index contributed by atoms with van der Waals surface area (Å²) in [4.78, 5) is 8.91. The lowest BCUT2D eigenvalue weighted by Crippen LogP contribution is -2.13. The van der Waals surface area contributed by atoms with E-state index < -0.39 is 0 Å². The molecule has 0 amide bonds. The molecule has 2 aromatic heterocycles. The van der Waals surface area contributed by atoms with Crippen LogP contribution >= 0.6 is 0 Å². The van der Waals surface area contributed by atoms with Gasteiger partial charge < -0.3 is 5.32 Å². The summed E-state index contributed by atoms with van der Waals surface area (Å²) in [5, 5.41) is 3.35. The van der Waals surface area contributed by atoms with Crippen molar-refractivity contribution in [1.82, 2.24) is 19.9 Å². The lowest BCUT2D eigenvalue weighted by atomic mass is 10.2. The molecule has 0 radical (unpaired) electrons. The molecule has 0 bridgehead atoms. The highest BCUT2D eigenvalue weighted by Crippen LogP contribution is 2.13. The van der Waals surface area contributed by atoms with Crippen LogP contribution in [-0.2, 0) is 13.0 Å². The molecule has 4 nitrogen and oxygen atoms in total. The third-order valence-corrected chi connectivity index (χ3v) is 2.94. The molecule has 0 spiro atoms. The maximum absolute atomic E-state index is 4.66. The SMILES string of the molecule is CCNCc1cc(CC)nc(-n2ccnc2C)c1. The lowest BCUT2D eigenvalue weighted by molar-refractivity contribution is 0.722. The number of rotatable bonds is 5. The number of pyridine rings is 1. The van der Waals surface area contributed by atoms with Crippen LogP contribution in [0.25, 0.3) is 5.82 Å².